The average molecular weight is 329 g/mol. The maximum absolute atomic E-state index is 13.2. The molecule has 7 heteroatoms. The van der Waals surface area contributed by atoms with Crippen LogP contribution in [0.3, 0.4) is 0 Å². The third kappa shape index (κ3) is 2.46. The largest absolute Gasteiger partial charge is 0.396 e. The number of aliphatic hydroxyl groups is 1. The maximum Gasteiger partial charge on any atom is 0.243 e. The van der Waals surface area contributed by atoms with E-state index in [1.165, 1.54) is 16.4 Å². The van der Waals surface area contributed by atoms with Crippen LogP contribution in [0.2, 0.25) is 0 Å². The molecule has 122 valence electrons. The number of rotatable bonds is 3. The number of nitrogens with zero attached hydrogens (tertiary/aromatic N) is 1. The van der Waals surface area contributed by atoms with E-state index in [9.17, 15) is 17.9 Å². The van der Waals surface area contributed by atoms with Gasteiger partial charge in [-0.2, -0.15) is 4.31 Å². The van der Waals surface area contributed by atoms with Gasteiger partial charge in [0.15, 0.2) is 0 Å². The SMILES string of the molecule is Cc1cc(F)ccc1S(=O)(=O)N1C[C@@H]2CCOC[C@]2(CO)C1. The van der Waals surface area contributed by atoms with Gasteiger partial charge in [-0.1, -0.05) is 0 Å². The Balaban J connectivity index is 1.94. The molecule has 2 saturated heterocycles. The van der Waals surface area contributed by atoms with Crippen LogP contribution in [0.4, 0.5) is 4.39 Å². The molecule has 2 heterocycles. The second kappa shape index (κ2) is 5.56. The van der Waals surface area contributed by atoms with Gasteiger partial charge in [0.25, 0.3) is 0 Å². The van der Waals surface area contributed by atoms with Crippen molar-refractivity contribution in [3.8, 4) is 0 Å². The van der Waals surface area contributed by atoms with Crippen molar-refractivity contribution >= 4 is 10.0 Å². The van der Waals surface area contributed by atoms with Crippen LogP contribution in [0.5, 0.6) is 0 Å². The van der Waals surface area contributed by atoms with Crippen molar-refractivity contribution in [3.05, 3.63) is 29.6 Å². The summed E-state index contributed by atoms with van der Waals surface area (Å²) in [4.78, 5) is 0.126. The fourth-order valence-electron chi connectivity index (χ4n) is 3.50. The van der Waals surface area contributed by atoms with Gasteiger partial charge in [0.05, 0.1) is 18.1 Å². The summed E-state index contributed by atoms with van der Waals surface area (Å²) < 4.78 is 45.8. The predicted octanol–water partition coefficient (Wildman–Crippen LogP) is 1.15. The molecule has 5 nitrogen and oxygen atoms in total. The van der Waals surface area contributed by atoms with Crippen LogP contribution >= 0.6 is 0 Å². The van der Waals surface area contributed by atoms with Gasteiger partial charge in [-0.25, -0.2) is 12.8 Å². The van der Waals surface area contributed by atoms with Crippen molar-refractivity contribution in [1.29, 1.82) is 0 Å². The normalized spacial score (nSPS) is 29.5. The fourth-order valence-corrected chi connectivity index (χ4v) is 5.28. The fraction of sp³-hybridized carbons (Fsp3) is 0.600. The van der Waals surface area contributed by atoms with Crippen LogP contribution in [0.15, 0.2) is 23.1 Å². The third-order valence-corrected chi connectivity index (χ3v) is 6.82. The van der Waals surface area contributed by atoms with Crippen molar-refractivity contribution in [3.63, 3.8) is 0 Å². The van der Waals surface area contributed by atoms with Crippen LogP contribution in [-0.4, -0.2) is 50.7 Å². The molecule has 0 radical (unpaired) electrons. The summed E-state index contributed by atoms with van der Waals surface area (Å²) in [5.74, 6) is -0.353. The molecule has 1 aromatic carbocycles. The average Bonchev–Trinajstić information content (AvgIpc) is 2.87. The summed E-state index contributed by atoms with van der Waals surface area (Å²) in [5.41, 5.74) is -0.122. The van der Waals surface area contributed by atoms with E-state index in [2.05, 4.69) is 0 Å². The summed E-state index contributed by atoms with van der Waals surface area (Å²) in [5, 5.41) is 9.75. The lowest BCUT2D eigenvalue weighted by Crippen LogP contribution is -2.43. The van der Waals surface area contributed by atoms with E-state index >= 15 is 0 Å². The molecule has 2 fully saturated rings. The molecule has 3 rings (SSSR count). The summed E-state index contributed by atoms with van der Waals surface area (Å²) in [6.07, 6.45) is 0.745. The first-order chi connectivity index (χ1) is 10.4. The molecular weight excluding hydrogens is 309 g/mol. The van der Waals surface area contributed by atoms with Gasteiger partial charge in [-0.05, 0) is 43.0 Å². The molecule has 2 aliphatic heterocycles. The molecule has 0 bridgehead atoms. The van der Waals surface area contributed by atoms with E-state index in [4.69, 9.17) is 4.74 Å². The van der Waals surface area contributed by atoms with Crippen LogP contribution in [0.25, 0.3) is 0 Å². The second-order valence-corrected chi connectivity index (χ2v) is 8.17. The minimum Gasteiger partial charge on any atom is -0.396 e. The first-order valence-electron chi connectivity index (χ1n) is 7.34. The molecule has 2 aliphatic rings. The number of hydrogen-bond donors (Lipinski definition) is 1. The van der Waals surface area contributed by atoms with Crippen LogP contribution < -0.4 is 0 Å². The number of benzene rings is 1. The Morgan fingerprint density at radius 1 is 1.50 bits per heavy atom. The zero-order valence-electron chi connectivity index (χ0n) is 12.5. The Labute approximate surface area is 129 Å². The molecule has 0 saturated carbocycles. The van der Waals surface area contributed by atoms with Crippen molar-refractivity contribution in [2.45, 2.75) is 18.2 Å². The third-order valence-electron chi connectivity index (χ3n) is 4.85. The molecule has 0 aliphatic carbocycles. The Morgan fingerprint density at radius 3 is 2.91 bits per heavy atom. The van der Waals surface area contributed by atoms with Crippen LogP contribution in [0.1, 0.15) is 12.0 Å². The maximum atomic E-state index is 13.2. The molecule has 1 N–H and O–H groups in total. The zero-order valence-corrected chi connectivity index (χ0v) is 13.3. The molecule has 2 atom stereocenters. The number of sulfonamides is 1. The highest BCUT2D eigenvalue weighted by molar-refractivity contribution is 7.89. The van der Waals surface area contributed by atoms with Gasteiger partial charge in [-0.3, -0.25) is 0 Å². The molecule has 0 amide bonds. The Hall–Kier alpha value is -1.02. The summed E-state index contributed by atoms with van der Waals surface area (Å²) in [6.45, 7) is 3.09. The molecule has 0 aromatic heterocycles. The van der Waals surface area contributed by atoms with E-state index in [0.717, 1.165) is 12.5 Å². The minimum absolute atomic E-state index is 0.0912. The summed E-state index contributed by atoms with van der Waals surface area (Å²) in [6, 6.07) is 3.69. The molecule has 22 heavy (non-hydrogen) atoms. The van der Waals surface area contributed by atoms with Gasteiger partial charge in [0, 0.05) is 25.1 Å². The zero-order chi connectivity index (χ0) is 16.0. The molecular formula is C15H20FNO4S. The molecule has 0 unspecified atom stereocenters. The van der Waals surface area contributed by atoms with E-state index in [1.807, 2.05) is 0 Å². The van der Waals surface area contributed by atoms with Crippen LogP contribution in [0, 0.1) is 24.1 Å². The Kier molecular flexibility index (Phi) is 4.01. The van der Waals surface area contributed by atoms with Gasteiger partial charge < -0.3 is 9.84 Å². The lowest BCUT2D eigenvalue weighted by atomic mass is 9.76. The topological polar surface area (TPSA) is 66.8 Å². The quantitative estimate of drug-likeness (QED) is 0.903. The highest BCUT2D eigenvalue weighted by atomic mass is 32.2. The minimum atomic E-state index is -3.69. The smallest absolute Gasteiger partial charge is 0.243 e. The summed E-state index contributed by atoms with van der Waals surface area (Å²) >= 11 is 0. The number of fused-ring (bicyclic) bond motifs is 1. The van der Waals surface area contributed by atoms with E-state index in [1.54, 1.807) is 6.92 Å². The van der Waals surface area contributed by atoms with Gasteiger partial charge in [0.2, 0.25) is 10.0 Å². The van der Waals surface area contributed by atoms with Gasteiger partial charge >= 0.3 is 0 Å². The number of aryl methyl sites for hydroxylation is 1. The lowest BCUT2D eigenvalue weighted by molar-refractivity contribution is -0.0552. The van der Waals surface area contributed by atoms with E-state index in [0.29, 0.717) is 25.3 Å². The van der Waals surface area contributed by atoms with Gasteiger partial charge in [0.1, 0.15) is 5.82 Å². The Morgan fingerprint density at radius 2 is 2.27 bits per heavy atom. The van der Waals surface area contributed by atoms with Crippen molar-refractivity contribution in [1.82, 2.24) is 4.31 Å². The van der Waals surface area contributed by atoms with Gasteiger partial charge in [-0.15, -0.1) is 0 Å². The standard InChI is InChI=1S/C15H20FNO4S/c1-11-6-13(16)2-3-14(11)22(19,20)17-7-12-4-5-21-10-15(12,8-17)9-18/h2-3,6,12,18H,4-5,7-10H2,1H3/t12-,15+/m0/s1. The van der Waals surface area contributed by atoms with E-state index < -0.39 is 21.3 Å². The molecule has 1 aromatic rings. The highest BCUT2D eigenvalue weighted by Crippen LogP contribution is 2.43. The summed E-state index contributed by atoms with van der Waals surface area (Å²) in [7, 11) is -3.69. The highest BCUT2D eigenvalue weighted by Gasteiger charge is 2.51. The van der Waals surface area contributed by atoms with Crippen LogP contribution in [-0.2, 0) is 14.8 Å². The number of hydrogen-bond acceptors (Lipinski definition) is 4. The number of halogens is 1. The Bertz CT molecular complexity index is 678. The molecule has 0 spiro atoms. The first kappa shape index (κ1) is 15.9. The van der Waals surface area contributed by atoms with E-state index in [-0.39, 0.29) is 24.0 Å². The first-order valence-corrected chi connectivity index (χ1v) is 8.78. The van der Waals surface area contributed by atoms with Crippen molar-refractivity contribution in [2.24, 2.45) is 11.3 Å². The number of ether oxygens (including phenoxy) is 1. The lowest BCUT2D eigenvalue weighted by Gasteiger charge is -2.36. The number of aliphatic hydroxyl groups excluding tert-OH is 1. The predicted molar refractivity (Wildman–Crippen MR) is 78.3 cm³/mol. The van der Waals surface area contributed by atoms with Crippen molar-refractivity contribution in [2.75, 3.05) is 32.9 Å². The monoisotopic (exact) mass is 329 g/mol. The van der Waals surface area contributed by atoms with Crippen molar-refractivity contribution < 1.29 is 22.7 Å². The second-order valence-electron chi connectivity index (χ2n) is 6.27.